The average Bonchev–Trinajstić information content (AvgIpc) is 3.24. The van der Waals surface area contributed by atoms with Crippen molar-refractivity contribution < 1.29 is 9.59 Å². The van der Waals surface area contributed by atoms with Crippen LogP contribution in [0.5, 0.6) is 0 Å². The molecule has 4 heterocycles. The zero-order valence-electron chi connectivity index (χ0n) is 16.3. The first kappa shape index (κ1) is 20.0. The number of rotatable bonds is 6. The van der Waals surface area contributed by atoms with Gasteiger partial charge in [-0.05, 0) is 36.4 Å². The number of aryl methyl sites for hydroxylation is 1. The monoisotopic (exact) mass is 426 g/mol. The van der Waals surface area contributed by atoms with E-state index in [9.17, 15) is 14.4 Å². The SMILES string of the molecule is NC(=O)C1CCCN(c2ccc(NC(=O)CCn3cnc4sccc4c3=O)cn2)C1. The van der Waals surface area contributed by atoms with Gasteiger partial charge in [0, 0.05) is 26.1 Å². The molecule has 3 aromatic heterocycles. The van der Waals surface area contributed by atoms with Crippen molar-refractivity contribution in [3.63, 3.8) is 0 Å². The van der Waals surface area contributed by atoms with E-state index in [4.69, 9.17) is 5.73 Å². The Morgan fingerprint density at radius 3 is 2.90 bits per heavy atom. The molecule has 156 valence electrons. The Bertz CT molecular complexity index is 1120. The number of primary amides is 1. The van der Waals surface area contributed by atoms with Crippen LogP contribution in [0, 0.1) is 5.92 Å². The van der Waals surface area contributed by atoms with Crippen LogP contribution in [0.1, 0.15) is 19.3 Å². The number of pyridine rings is 1. The average molecular weight is 427 g/mol. The Hall–Kier alpha value is -3.27. The van der Waals surface area contributed by atoms with Crippen molar-refractivity contribution in [2.24, 2.45) is 11.7 Å². The van der Waals surface area contributed by atoms with E-state index in [0.717, 1.165) is 25.2 Å². The van der Waals surface area contributed by atoms with E-state index in [1.165, 1.54) is 22.2 Å². The van der Waals surface area contributed by atoms with Gasteiger partial charge in [0.25, 0.3) is 5.56 Å². The van der Waals surface area contributed by atoms with E-state index < -0.39 is 0 Å². The van der Waals surface area contributed by atoms with E-state index in [1.807, 2.05) is 16.3 Å². The molecule has 0 aliphatic carbocycles. The van der Waals surface area contributed by atoms with Gasteiger partial charge in [0.05, 0.1) is 29.5 Å². The van der Waals surface area contributed by atoms with Crippen LogP contribution in [0.2, 0.25) is 0 Å². The second-order valence-electron chi connectivity index (χ2n) is 7.27. The van der Waals surface area contributed by atoms with Gasteiger partial charge in [-0.15, -0.1) is 11.3 Å². The Morgan fingerprint density at radius 2 is 2.13 bits per heavy atom. The number of anilines is 2. The molecule has 30 heavy (non-hydrogen) atoms. The predicted molar refractivity (Wildman–Crippen MR) is 115 cm³/mol. The lowest BCUT2D eigenvalue weighted by molar-refractivity contribution is -0.122. The Labute approximate surface area is 176 Å². The first-order valence-electron chi connectivity index (χ1n) is 9.74. The fourth-order valence-corrected chi connectivity index (χ4v) is 4.29. The van der Waals surface area contributed by atoms with Crippen molar-refractivity contribution in [1.82, 2.24) is 14.5 Å². The molecular formula is C20H22N6O3S. The van der Waals surface area contributed by atoms with E-state index in [0.29, 0.717) is 22.4 Å². The third kappa shape index (κ3) is 4.33. The smallest absolute Gasteiger partial charge is 0.262 e. The first-order chi connectivity index (χ1) is 14.5. The number of fused-ring (bicyclic) bond motifs is 1. The highest BCUT2D eigenvalue weighted by atomic mass is 32.1. The maximum atomic E-state index is 12.4. The van der Waals surface area contributed by atoms with Gasteiger partial charge >= 0.3 is 0 Å². The molecule has 3 N–H and O–H groups in total. The summed E-state index contributed by atoms with van der Waals surface area (Å²) in [4.78, 5) is 47.5. The van der Waals surface area contributed by atoms with Crippen LogP contribution < -0.4 is 21.5 Å². The number of carbonyl (C=O) groups excluding carboxylic acids is 2. The molecule has 0 aromatic carbocycles. The molecule has 0 bridgehead atoms. The largest absolute Gasteiger partial charge is 0.369 e. The van der Waals surface area contributed by atoms with Crippen molar-refractivity contribution >= 4 is 44.9 Å². The van der Waals surface area contributed by atoms with Crippen LogP contribution in [-0.2, 0) is 16.1 Å². The zero-order valence-corrected chi connectivity index (χ0v) is 17.1. The molecule has 0 saturated carbocycles. The Balaban J connectivity index is 1.34. The molecule has 0 radical (unpaired) electrons. The molecule has 1 saturated heterocycles. The number of nitrogens with zero attached hydrogens (tertiary/aromatic N) is 4. The van der Waals surface area contributed by atoms with Gasteiger partial charge in [-0.3, -0.25) is 19.0 Å². The zero-order chi connectivity index (χ0) is 21.1. The summed E-state index contributed by atoms with van der Waals surface area (Å²) >= 11 is 1.41. The van der Waals surface area contributed by atoms with Crippen molar-refractivity contribution in [2.45, 2.75) is 25.8 Å². The summed E-state index contributed by atoms with van der Waals surface area (Å²) in [5.41, 5.74) is 5.86. The van der Waals surface area contributed by atoms with Gasteiger partial charge in [-0.2, -0.15) is 0 Å². The summed E-state index contributed by atoms with van der Waals surface area (Å²) in [7, 11) is 0. The minimum atomic E-state index is -0.281. The van der Waals surface area contributed by atoms with Crippen LogP contribution in [-0.4, -0.2) is 39.4 Å². The number of nitrogens with one attached hydrogen (secondary N) is 1. The maximum absolute atomic E-state index is 12.4. The van der Waals surface area contributed by atoms with E-state index >= 15 is 0 Å². The fraction of sp³-hybridized carbons (Fsp3) is 0.350. The number of carbonyl (C=O) groups is 2. The van der Waals surface area contributed by atoms with Gasteiger partial charge in [0.2, 0.25) is 11.8 Å². The van der Waals surface area contributed by atoms with E-state index in [2.05, 4.69) is 15.3 Å². The summed E-state index contributed by atoms with van der Waals surface area (Å²) < 4.78 is 1.45. The third-order valence-electron chi connectivity index (χ3n) is 5.21. The highest BCUT2D eigenvalue weighted by Gasteiger charge is 2.24. The van der Waals surface area contributed by atoms with Gasteiger partial charge in [-0.1, -0.05) is 0 Å². The number of hydrogen-bond acceptors (Lipinski definition) is 7. The van der Waals surface area contributed by atoms with E-state index in [1.54, 1.807) is 18.3 Å². The maximum Gasteiger partial charge on any atom is 0.262 e. The number of amides is 2. The summed E-state index contributed by atoms with van der Waals surface area (Å²) in [6.07, 6.45) is 4.90. The van der Waals surface area contributed by atoms with Crippen molar-refractivity contribution in [3.05, 3.63) is 46.5 Å². The molecule has 1 aliphatic heterocycles. The molecule has 1 fully saturated rings. The fourth-order valence-electron chi connectivity index (χ4n) is 3.56. The number of hydrogen-bond donors (Lipinski definition) is 2. The minimum Gasteiger partial charge on any atom is -0.369 e. The topological polar surface area (TPSA) is 123 Å². The Morgan fingerprint density at radius 1 is 1.27 bits per heavy atom. The predicted octanol–water partition coefficient (Wildman–Crippen LogP) is 1.58. The van der Waals surface area contributed by atoms with Crippen LogP contribution in [0.3, 0.4) is 0 Å². The van der Waals surface area contributed by atoms with E-state index in [-0.39, 0.29) is 36.3 Å². The molecule has 1 aliphatic rings. The lowest BCUT2D eigenvalue weighted by Crippen LogP contribution is -2.41. The lowest BCUT2D eigenvalue weighted by atomic mass is 9.97. The minimum absolute atomic E-state index is 0.143. The Kier molecular flexibility index (Phi) is 5.75. The molecule has 4 rings (SSSR count). The van der Waals surface area contributed by atoms with Gasteiger partial charge in [0.1, 0.15) is 10.6 Å². The van der Waals surface area contributed by atoms with Crippen LogP contribution in [0.15, 0.2) is 40.9 Å². The normalized spacial score (nSPS) is 16.5. The van der Waals surface area contributed by atoms with Crippen molar-refractivity contribution in [3.8, 4) is 0 Å². The second kappa shape index (κ2) is 8.62. The summed E-state index contributed by atoms with van der Waals surface area (Å²) in [5.74, 6) is 0.0939. The summed E-state index contributed by atoms with van der Waals surface area (Å²) in [5, 5.41) is 5.19. The standard InChI is InChI=1S/C20H22N6O3S/c21-18(28)13-2-1-7-25(11-13)16-4-3-14(10-22-16)24-17(27)5-8-26-12-23-19-15(20(26)29)6-9-30-19/h3-4,6,9-10,12-13H,1-2,5,7-8,11H2,(H2,21,28)(H,24,27). The molecular weight excluding hydrogens is 404 g/mol. The van der Waals surface area contributed by atoms with Crippen molar-refractivity contribution in [1.29, 1.82) is 0 Å². The van der Waals surface area contributed by atoms with Gasteiger partial charge < -0.3 is 16.0 Å². The van der Waals surface area contributed by atoms with Crippen LogP contribution >= 0.6 is 11.3 Å². The highest BCUT2D eigenvalue weighted by molar-refractivity contribution is 7.16. The quantitative estimate of drug-likeness (QED) is 0.617. The molecule has 1 atom stereocenters. The second-order valence-corrected chi connectivity index (χ2v) is 8.17. The van der Waals surface area contributed by atoms with Gasteiger partial charge in [0.15, 0.2) is 0 Å². The van der Waals surface area contributed by atoms with Gasteiger partial charge in [-0.25, -0.2) is 9.97 Å². The molecule has 0 spiro atoms. The van der Waals surface area contributed by atoms with Crippen LogP contribution in [0.25, 0.3) is 10.2 Å². The first-order valence-corrected chi connectivity index (χ1v) is 10.6. The number of nitrogens with two attached hydrogens (primary N) is 1. The number of aromatic nitrogens is 3. The molecule has 3 aromatic rings. The third-order valence-corrected chi connectivity index (χ3v) is 6.03. The number of piperidine rings is 1. The lowest BCUT2D eigenvalue weighted by Gasteiger charge is -2.32. The molecule has 1 unspecified atom stereocenters. The molecule has 10 heteroatoms. The number of thiophene rings is 1. The van der Waals surface area contributed by atoms with Crippen LogP contribution in [0.4, 0.5) is 11.5 Å². The summed E-state index contributed by atoms with van der Waals surface area (Å²) in [6.45, 7) is 1.63. The molecule has 2 amide bonds. The summed E-state index contributed by atoms with van der Waals surface area (Å²) in [6, 6.07) is 5.34. The molecule has 9 nitrogen and oxygen atoms in total. The highest BCUT2D eigenvalue weighted by Crippen LogP contribution is 2.22. The van der Waals surface area contributed by atoms with Crippen molar-refractivity contribution in [2.75, 3.05) is 23.3 Å².